The maximum atomic E-state index is 11.9. The molecular weight excluding hydrogens is 360 g/mol. The van der Waals surface area contributed by atoms with Crippen LogP contribution >= 0.6 is 0 Å². The number of nitrogens with one attached hydrogen (secondary N) is 1. The molecule has 1 saturated carbocycles. The van der Waals surface area contributed by atoms with Gasteiger partial charge in [0.25, 0.3) is 5.56 Å². The van der Waals surface area contributed by atoms with E-state index in [4.69, 9.17) is 5.73 Å². The van der Waals surface area contributed by atoms with E-state index in [0.717, 1.165) is 18.7 Å². The van der Waals surface area contributed by atoms with Gasteiger partial charge in [0.05, 0.1) is 5.69 Å². The van der Waals surface area contributed by atoms with Gasteiger partial charge in [-0.05, 0) is 30.0 Å². The highest BCUT2D eigenvalue weighted by atomic mass is 16.1. The number of benzene rings is 2. The molecule has 1 aliphatic rings. The van der Waals surface area contributed by atoms with Crippen LogP contribution in [0.3, 0.4) is 0 Å². The summed E-state index contributed by atoms with van der Waals surface area (Å²) >= 11 is 0. The lowest BCUT2D eigenvalue weighted by molar-refractivity contribution is 0.284. The minimum atomic E-state index is -0.175. The van der Waals surface area contributed by atoms with Crippen molar-refractivity contribution in [1.82, 2.24) is 14.9 Å². The van der Waals surface area contributed by atoms with Crippen LogP contribution in [0.1, 0.15) is 29.7 Å². The van der Waals surface area contributed by atoms with Gasteiger partial charge in [0.1, 0.15) is 5.82 Å². The van der Waals surface area contributed by atoms with E-state index in [9.17, 15) is 4.79 Å². The summed E-state index contributed by atoms with van der Waals surface area (Å²) in [6.07, 6.45) is 6.93. The van der Waals surface area contributed by atoms with Gasteiger partial charge < -0.3 is 10.7 Å². The first-order valence-corrected chi connectivity index (χ1v) is 10.1. The van der Waals surface area contributed by atoms with Crippen LogP contribution in [-0.2, 0) is 13.1 Å². The van der Waals surface area contributed by atoms with E-state index in [-0.39, 0.29) is 12.1 Å². The molecule has 0 spiro atoms. The molecule has 1 aromatic heterocycles. The second kappa shape index (κ2) is 8.99. The third-order valence-electron chi connectivity index (χ3n) is 5.10. The Hall–Kier alpha value is -3.02. The second-order valence-electron chi connectivity index (χ2n) is 7.46. The fourth-order valence-electron chi connectivity index (χ4n) is 3.47. The molecule has 0 saturated heterocycles. The molecule has 0 atom stereocenters. The first-order valence-electron chi connectivity index (χ1n) is 10.1. The van der Waals surface area contributed by atoms with Gasteiger partial charge in [-0.15, -0.1) is 0 Å². The average molecular weight is 386 g/mol. The summed E-state index contributed by atoms with van der Waals surface area (Å²) in [6, 6.07) is 20.7. The molecule has 1 fully saturated rings. The van der Waals surface area contributed by atoms with Crippen molar-refractivity contribution in [3.63, 3.8) is 0 Å². The number of nitrogens with two attached hydrogens (primary N) is 1. The van der Waals surface area contributed by atoms with E-state index in [1.165, 1.54) is 30.0 Å². The Kier molecular flexibility index (Phi) is 5.98. The Bertz CT molecular complexity index is 1040. The summed E-state index contributed by atoms with van der Waals surface area (Å²) in [6.45, 7) is 2.04. The van der Waals surface area contributed by atoms with Crippen molar-refractivity contribution in [2.24, 2.45) is 5.73 Å². The molecule has 1 heterocycles. The van der Waals surface area contributed by atoms with Gasteiger partial charge in [-0.2, -0.15) is 0 Å². The van der Waals surface area contributed by atoms with E-state index in [2.05, 4.69) is 63.4 Å². The predicted octanol–water partition coefficient (Wildman–Crippen LogP) is 3.57. The molecule has 5 heteroatoms. The molecule has 2 aromatic carbocycles. The number of rotatable bonds is 8. The smallest absolute Gasteiger partial charge is 0.251 e. The van der Waals surface area contributed by atoms with Gasteiger partial charge in [-0.25, -0.2) is 4.98 Å². The van der Waals surface area contributed by atoms with Crippen molar-refractivity contribution in [1.29, 1.82) is 0 Å². The molecule has 3 N–H and O–H groups in total. The fraction of sp³-hybridized carbons (Fsp3) is 0.250. The zero-order valence-electron chi connectivity index (χ0n) is 16.4. The molecule has 148 valence electrons. The van der Waals surface area contributed by atoms with Crippen LogP contribution in [0, 0.1) is 0 Å². The number of hydrogen-bond acceptors (Lipinski definition) is 4. The Morgan fingerprint density at radius 1 is 1.10 bits per heavy atom. The van der Waals surface area contributed by atoms with Crippen molar-refractivity contribution >= 4 is 6.08 Å². The van der Waals surface area contributed by atoms with E-state index in [1.807, 2.05) is 18.2 Å². The molecule has 0 unspecified atom stereocenters. The van der Waals surface area contributed by atoms with Crippen molar-refractivity contribution in [2.45, 2.75) is 32.0 Å². The van der Waals surface area contributed by atoms with Gasteiger partial charge in [-0.3, -0.25) is 9.69 Å². The molecular formula is C24H26N4O. The van der Waals surface area contributed by atoms with Crippen LogP contribution in [0.15, 0.2) is 71.5 Å². The Labute approximate surface area is 170 Å². The Morgan fingerprint density at radius 2 is 1.93 bits per heavy atom. The van der Waals surface area contributed by atoms with E-state index >= 15 is 0 Å². The maximum absolute atomic E-state index is 11.9. The molecule has 0 bridgehead atoms. The standard InChI is InChI=1S/C24H26N4O/c25-16-21-15-23(29)27-24(26-21)20-10-4-8-19(14-20)17-28(22-11-12-22)13-5-9-18-6-2-1-3-7-18/h1-10,14-15,22H,11-13,16-17,25H2,(H,26,27,29). The third-order valence-corrected chi connectivity index (χ3v) is 5.10. The van der Waals surface area contributed by atoms with Gasteiger partial charge >= 0.3 is 0 Å². The van der Waals surface area contributed by atoms with E-state index in [0.29, 0.717) is 17.6 Å². The summed E-state index contributed by atoms with van der Waals surface area (Å²) in [7, 11) is 0. The van der Waals surface area contributed by atoms with Crippen molar-refractivity contribution in [2.75, 3.05) is 6.54 Å². The minimum absolute atomic E-state index is 0.175. The highest BCUT2D eigenvalue weighted by molar-refractivity contribution is 5.56. The van der Waals surface area contributed by atoms with Crippen LogP contribution < -0.4 is 11.3 Å². The summed E-state index contributed by atoms with van der Waals surface area (Å²) < 4.78 is 0. The second-order valence-corrected chi connectivity index (χ2v) is 7.46. The number of nitrogens with zero attached hydrogens (tertiary/aromatic N) is 2. The monoisotopic (exact) mass is 386 g/mol. The van der Waals surface area contributed by atoms with Gasteiger partial charge in [-0.1, -0.05) is 60.7 Å². The zero-order valence-corrected chi connectivity index (χ0v) is 16.4. The molecule has 3 aromatic rings. The first kappa shape index (κ1) is 19.3. The zero-order chi connectivity index (χ0) is 20.1. The molecule has 0 radical (unpaired) electrons. The van der Waals surface area contributed by atoms with Crippen molar-refractivity contribution in [3.8, 4) is 11.4 Å². The summed E-state index contributed by atoms with van der Waals surface area (Å²) in [4.78, 5) is 21.7. The fourth-order valence-corrected chi connectivity index (χ4v) is 3.47. The van der Waals surface area contributed by atoms with E-state index in [1.54, 1.807) is 0 Å². The van der Waals surface area contributed by atoms with Crippen LogP contribution in [0.25, 0.3) is 17.5 Å². The lowest BCUT2D eigenvalue weighted by Gasteiger charge is -2.20. The first-order chi connectivity index (χ1) is 14.2. The highest BCUT2D eigenvalue weighted by Gasteiger charge is 2.28. The lowest BCUT2D eigenvalue weighted by Crippen LogP contribution is -2.25. The predicted molar refractivity (Wildman–Crippen MR) is 117 cm³/mol. The summed E-state index contributed by atoms with van der Waals surface area (Å²) in [5.41, 5.74) is 9.43. The quantitative estimate of drug-likeness (QED) is 0.621. The molecule has 1 aliphatic carbocycles. The maximum Gasteiger partial charge on any atom is 0.251 e. The highest BCUT2D eigenvalue weighted by Crippen LogP contribution is 2.29. The van der Waals surface area contributed by atoms with Crippen LogP contribution in [0.2, 0.25) is 0 Å². The normalized spacial score (nSPS) is 14.0. The summed E-state index contributed by atoms with van der Waals surface area (Å²) in [5, 5.41) is 0. The van der Waals surface area contributed by atoms with Crippen LogP contribution in [0.5, 0.6) is 0 Å². The van der Waals surface area contributed by atoms with E-state index < -0.39 is 0 Å². The minimum Gasteiger partial charge on any atom is -0.325 e. The number of hydrogen-bond donors (Lipinski definition) is 2. The third kappa shape index (κ3) is 5.28. The van der Waals surface area contributed by atoms with Gasteiger partial charge in [0, 0.05) is 37.3 Å². The van der Waals surface area contributed by atoms with Crippen LogP contribution in [0.4, 0.5) is 0 Å². The van der Waals surface area contributed by atoms with Crippen molar-refractivity contribution < 1.29 is 0 Å². The Balaban J connectivity index is 1.49. The topological polar surface area (TPSA) is 75.0 Å². The molecule has 29 heavy (non-hydrogen) atoms. The SMILES string of the molecule is NCc1cc(=O)[nH]c(-c2cccc(CN(CC=Cc3ccccc3)C3CC3)c2)n1. The van der Waals surface area contributed by atoms with Crippen LogP contribution in [-0.4, -0.2) is 27.5 Å². The lowest BCUT2D eigenvalue weighted by atomic mass is 10.1. The number of aromatic amines is 1. The number of aromatic nitrogens is 2. The molecule has 0 aliphatic heterocycles. The molecule has 5 nitrogen and oxygen atoms in total. The summed E-state index contributed by atoms with van der Waals surface area (Å²) in [5.74, 6) is 0.571. The average Bonchev–Trinajstić information content (AvgIpc) is 3.59. The van der Waals surface area contributed by atoms with Crippen molar-refractivity contribution in [3.05, 3.63) is 93.9 Å². The Morgan fingerprint density at radius 3 is 2.69 bits per heavy atom. The van der Waals surface area contributed by atoms with Gasteiger partial charge in [0.2, 0.25) is 0 Å². The molecule has 0 amide bonds. The van der Waals surface area contributed by atoms with Gasteiger partial charge in [0.15, 0.2) is 0 Å². The largest absolute Gasteiger partial charge is 0.325 e. The molecule has 4 rings (SSSR count). The number of H-pyrrole nitrogens is 1.